The number of carbonyl (C=O) groups is 1. The number of hydrogen-bond acceptors (Lipinski definition) is 4. The van der Waals surface area contributed by atoms with E-state index in [1.54, 1.807) is 14.0 Å². The molecule has 0 aromatic carbocycles. The smallest absolute Gasteiger partial charge is 0.333 e. The quantitative estimate of drug-likeness (QED) is 0.574. The van der Waals surface area contributed by atoms with Gasteiger partial charge in [0.05, 0.1) is 18.8 Å². The molecule has 0 aromatic heterocycles. The summed E-state index contributed by atoms with van der Waals surface area (Å²) in [5.74, 6) is -0.286. The monoisotopic (exact) mass is 282 g/mol. The van der Waals surface area contributed by atoms with Gasteiger partial charge in [0, 0.05) is 12.7 Å². The molecule has 20 heavy (non-hydrogen) atoms. The number of methoxy groups -OCH3 is 1. The summed E-state index contributed by atoms with van der Waals surface area (Å²) in [5.41, 5.74) is 0.0120. The summed E-state index contributed by atoms with van der Waals surface area (Å²) in [4.78, 5) is 12.0. The summed E-state index contributed by atoms with van der Waals surface area (Å²) in [6.07, 6.45) is 7.25. The highest BCUT2D eigenvalue weighted by Gasteiger charge is 2.47. The Bertz CT molecular complexity index is 357. The van der Waals surface area contributed by atoms with Crippen LogP contribution in [-0.2, 0) is 19.0 Å². The van der Waals surface area contributed by atoms with E-state index in [0.29, 0.717) is 12.2 Å². The second kappa shape index (κ2) is 6.72. The highest BCUT2D eigenvalue weighted by Crippen LogP contribution is 2.41. The van der Waals surface area contributed by atoms with Crippen LogP contribution in [0.2, 0.25) is 0 Å². The van der Waals surface area contributed by atoms with E-state index in [4.69, 9.17) is 14.2 Å². The van der Waals surface area contributed by atoms with E-state index in [9.17, 15) is 4.79 Å². The first kappa shape index (κ1) is 15.5. The van der Waals surface area contributed by atoms with Crippen molar-refractivity contribution in [2.75, 3.05) is 13.7 Å². The van der Waals surface area contributed by atoms with E-state index in [-0.39, 0.29) is 18.2 Å². The molecule has 2 aliphatic rings. The standard InChI is InChI=1S/C16H26O4/c1-12(2)15(17)20-16(9-5-4-6-10-16)14-8-7-13(19-14)11-18-3/h13-14H,1,4-11H2,2-3H3. The molecule has 1 saturated carbocycles. The van der Waals surface area contributed by atoms with Crippen LogP contribution in [0.15, 0.2) is 12.2 Å². The van der Waals surface area contributed by atoms with Crippen molar-refractivity contribution in [3.8, 4) is 0 Å². The minimum atomic E-state index is -0.448. The van der Waals surface area contributed by atoms with E-state index in [0.717, 1.165) is 38.5 Å². The van der Waals surface area contributed by atoms with Crippen LogP contribution in [-0.4, -0.2) is 37.5 Å². The van der Waals surface area contributed by atoms with Crippen LogP contribution in [0.1, 0.15) is 51.9 Å². The second-order valence-corrected chi connectivity index (χ2v) is 6.07. The lowest BCUT2D eigenvalue weighted by atomic mass is 9.79. The summed E-state index contributed by atoms with van der Waals surface area (Å²) < 4.78 is 17.1. The summed E-state index contributed by atoms with van der Waals surface area (Å²) in [6.45, 7) is 6.00. The first-order chi connectivity index (χ1) is 9.57. The van der Waals surface area contributed by atoms with Gasteiger partial charge in [0.1, 0.15) is 5.60 Å². The summed E-state index contributed by atoms with van der Waals surface area (Å²) in [7, 11) is 1.69. The number of hydrogen-bond donors (Lipinski definition) is 0. The van der Waals surface area contributed by atoms with Crippen molar-refractivity contribution in [2.24, 2.45) is 0 Å². The molecular weight excluding hydrogens is 256 g/mol. The average Bonchev–Trinajstić information content (AvgIpc) is 2.89. The largest absolute Gasteiger partial charge is 0.453 e. The molecule has 2 fully saturated rings. The number of carbonyl (C=O) groups excluding carboxylic acids is 1. The minimum absolute atomic E-state index is 0.00579. The van der Waals surface area contributed by atoms with Crippen LogP contribution >= 0.6 is 0 Å². The molecular formula is C16H26O4. The Morgan fingerprint density at radius 1 is 1.30 bits per heavy atom. The highest BCUT2D eigenvalue weighted by molar-refractivity contribution is 5.87. The molecule has 0 radical (unpaired) electrons. The van der Waals surface area contributed by atoms with Crippen molar-refractivity contribution >= 4 is 5.97 Å². The highest BCUT2D eigenvalue weighted by atomic mass is 16.6. The number of esters is 1. The SMILES string of the molecule is C=C(C)C(=O)OC1(C2CCC(COC)O2)CCCCC1. The van der Waals surface area contributed by atoms with Crippen molar-refractivity contribution in [1.29, 1.82) is 0 Å². The lowest BCUT2D eigenvalue weighted by Crippen LogP contribution is -2.48. The van der Waals surface area contributed by atoms with Gasteiger partial charge in [-0.1, -0.05) is 13.0 Å². The van der Waals surface area contributed by atoms with Crippen molar-refractivity contribution in [2.45, 2.75) is 69.7 Å². The molecule has 0 amide bonds. The van der Waals surface area contributed by atoms with Gasteiger partial charge in [-0.3, -0.25) is 0 Å². The Morgan fingerprint density at radius 3 is 2.60 bits per heavy atom. The summed E-state index contributed by atoms with van der Waals surface area (Å²) in [5, 5.41) is 0. The van der Waals surface area contributed by atoms with Crippen LogP contribution in [0.3, 0.4) is 0 Å². The predicted octanol–water partition coefficient (Wildman–Crippen LogP) is 3.00. The summed E-state index contributed by atoms with van der Waals surface area (Å²) >= 11 is 0. The number of rotatable bonds is 5. The molecule has 2 atom stereocenters. The van der Waals surface area contributed by atoms with Crippen molar-refractivity contribution < 1.29 is 19.0 Å². The minimum Gasteiger partial charge on any atom is -0.453 e. The molecule has 1 aliphatic heterocycles. The second-order valence-electron chi connectivity index (χ2n) is 6.07. The zero-order valence-electron chi connectivity index (χ0n) is 12.7. The van der Waals surface area contributed by atoms with Crippen molar-refractivity contribution in [1.82, 2.24) is 0 Å². The maximum absolute atomic E-state index is 12.0. The van der Waals surface area contributed by atoms with Gasteiger partial charge in [0.25, 0.3) is 0 Å². The molecule has 1 saturated heterocycles. The van der Waals surface area contributed by atoms with Gasteiger partial charge in [-0.2, -0.15) is 0 Å². The van der Waals surface area contributed by atoms with E-state index >= 15 is 0 Å². The van der Waals surface area contributed by atoms with Crippen LogP contribution in [0.25, 0.3) is 0 Å². The maximum Gasteiger partial charge on any atom is 0.333 e. The molecule has 4 heteroatoms. The molecule has 0 spiro atoms. The topological polar surface area (TPSA) is 44.8 Å². The third-order valence-electron chi connectivity index (χ3n) is 4.39. The Labute approximate surface area is 121 Å². The third kappa shape index (κ3) is 3.41. The van der Waals surface area contributed by atoms with Gasteiger partial charge < -0.3 is 14.2 Å². The Hall–Kier alpha value is -0.870. The van der Waals surface area contributed by atoms with E-state index in [1.165, 1.54) is 6.42 Å². The molecule has 1 heterocycles. The van der Waals surface area contributed by atoms with Gasteiger partial charge in [-0.15, -0.1) is 0 Å². The van der Waals surface area contributed by atoms with Crippen LogP contribution in [0.5, 0.6) is 0 Å². The van der Waals surface area contributed by atoms with E-state index in [2.05, 4.69) is 6.58 Å². The predicted molar refractivity (Wildman–Crippen MR) is 76.5 cm³/mol. The van der Waals surface area contributed by atoms with Crippen molar-refractivity contribution in [3.63, 3.8) is 0 Å². The van der Waals surface area contributed by atoms with Crippen LogP contribution in [0, 0.1) is 0 Å². The lowest BCUT2D eigenvalue weighted by molar-refractivity contribution is -0.182. The van der Waals surface area contributed by atoms with Crippen LogP contribution in [0.4, 0.5) is 0 Å². The van der Waals surface area contributed by atoms with Gasteiger partial charge in [0.2, 0.25) is 0 Å². The van der Waals surface area contributed by atoms with Crippen molar-refractivity contribution in [3.05, 3.63) is 12.2 Å². The van der Waals surface area contributed by atoms with Crippen LogP contribution < -0.4 is 0 Å². The average molecular weight is 282 g/mol. The third-order valence-corrected chi connectivity index (χ3v) is 4.39. The van der Waals surface area contributed by atoms with Gasteiger partial charge >= 0.3 is 5.97 Å². The fourth-order valence-corrected chi connectivity index (χ4v) is 3.31. The molecule has 0 bridgehead atoms. The van der Waals surface area contributed by atoms with Gasteiger partial charge in [-0.05, 0) is 45.4 Å². The Morgan fingerprint density at radius 2 is 2.00 bits per heavy atom. The fourth-order valence-electron chi connectivity index (χ4n) is 3.31. The van der Waals surface area contributed by atoms with E-state index in [1.807, 2.05) is 0 Å². The fraction of sp³-hybridized carbons (Fsp3) is 0.812. The molecule has 2 unspecified atom stereocenters. The normalized spacial score (nSPS) is 29.1. The lowest BCUT2D eigenvalue weighted by Gasteiger charge is -2.41. The zero-order chi connectivity index (χ0) is 14.6. The molecule has 4 nitrogen and oxygen atoms in total. The first-order valence-corrected chi connectivity index (χ1v) is 7.60. The zero-order valence-corrected chi connectivity index (χ0v) is 12.7. The molecule has 114 valence electrons. The summed E-state index contributed by atoms with van der Waals surface area (Å²) in [6, 6.07) is 0. The maximum atomic E-state index is 12.0. The molecule has 0 aromatic rings. The molecule has 1 aliphatic carbocycles. The van der Waals surface area contributed by atoms with Gasteiger partial charge in [-0.25, -0.2) is 4.79 Å². The first-order valence-electron chi connectivity index (χ1n) is 7.60. The number of ether oxygens (including phenoxy) is 3. The Kier molecular flexibility index (Phi) is 5.22. The van der Waals surface area contributed by atoms with E-state index < -0.39 is 5.60 Å². The Balaban J connectivity index is 2.07. The molecule has 0 N–H and O–H groups in total. The van der Waals surface area contributed by atoms with Gasteiger partial charge in [0.15, 0.2) is 0 Å². The molecule has 2 rings (SSSR count).